The van der Waals surface area contributed by atoms with Crippen molar-refractivity contribution in [3.63, 3.8) is 0 Å². The quantitative estimate of drug-likeness (QED) is 0.234. The summed E-state index contributed by atoms with van der Waals surface area (Å²) in [6.07, 6.45) is -0.554. The summed E-state index contributed by atoms with van der Waals surface area (Å²) < 4.78 is 0. The summed E-state index contributed by atoms with van der Waals surface area (Å²) in [7, 11) is 0. The molecule has 0 aliphatic carbocycles. The summed E-state index contributed by atoms with van der Waals surface area (Å²) in [4.78, 5) is 40.3. The third kappa shape index (κ3) is 9.27. The number of rotatable bonds is 5. The predicted molar refractivity (Wildman–Crippen MR) is 87.7 cm³/mol. The minimum Gasteiger partial charge on any atom is -0.479 e. The molecule has 4 atom stereocenters. The second kappa shape index (κ2) is 12.1. The van der Waals surface area contributed by atoms with Gasteiger partial charge >= 0.3 is 11.9 Å². The zero-order valence-corrected chi connectivity index (χ0v) is 14.1. The van der Waals surface area contributed by atoms with Gasteiger partial charge in [0.05, 0.1) is 12.1 Å². The van der Waals surface area contributed by atoms with E-state index >= 15 is 0 Å². The van der Waals surface area contributed by atoms with Crippen molar-refractivity contribution >= 4 is 23.8 Å². The predicted octanol–water partition coefficient (Wildman–Crippen LogP) is -3.68. The number of carbonyl (C=O) groups excluding carboxylic acids is 2. The van der Waals surface area contributed by atoms with Crippen molar-refractivity contribution in [2.24, 2.45) is 11.5 Å². The number of carbonyl (C=O) groups is 4. The van der Waals surface area contributed by atoms with Crippen LogP contribution in [-0.4, -0.2) is 81.6 Å². The molecule has 0 aromatic carbocycles. The Labute approximate surface area is 149 Å². The van der Waals surface area contributed by atoms with Gasteiger partial charge in [0, 0.05) is 0 Å². The van der Waals surface area contributed by atoms with Crippen LogP contribution in [0.25, 0.3) is 0 Å². The number of carboxylic acid groups (broad SMARTS) is 2. The first-order valence-electron chi connectivity index (χ1n) is 7.95. The van der Waals surface area contributed by atoms with Crippen LogP contribution in [0.1, 0.15) is 25.7 Å². The maximum atomic E-state index is 10.4. The van der Waals surface area contributed by atoms with Crippen LogP contribution in [0.3, 0.4) is 0 Å². The number of aliphatic carboxylic acids is 2. The Morgan fingerprint density at radius 1 is 0.769 bits per heavy atom. The van der Waals surface area contributed by atoms with Crippen LogP contribution in [0, 0.1) is 0 Å². The van der Waals surface area contributed by atoms with Crippen LogP contribution in [0.4, 0.5) is 0 Å². The molecule has 2 aliphatic heterocycles. The smallest absolute Gasteiger partial charge is 0.335 e. The Hall–Kier alpha value is -2.28. The topological polar surface area (TPSA) is 225 Å². The first-order chi connectivity index (χ1) is 12.1. The van der Waals surface area contributed by atoms with Gasteiger partial charge in [0.2, 0.25) is 11.8 Å². The first kappa shape index (κ1) is 23.7. The fourth-order valence-electron chi connectivity index (χ4n) is 2.12. The average molecular weight is 378 g/mol. The van der Waals surface area contributed by atoms with Gasteiger partial charge in [0.15, 0.2) is 12.2 Å². The lowest BCUT2D eigenvalue weighted by Gasteiger charge is -2.07. The van der Waals surface area contributed by atoms with E-state index in [1.165, 1.54) is 0 Å². The van der Waals surface area contributed by atoms with Crippen LogP contribution in [-0.2, 0) is 19.2 Å². The summed E-state index contributed by atoms with van der Waals surface area (Å²) in [6.45, 7) is 1.88. The Balaban J connectivity index is 0.000000363. The van der Waals surface area contributed by atoms with E-state index in [4.69, 9.17) is 31.9 Å². The molecule has 2 saturated heterocycles. The number of nitrogens with one attached hydrogen (secondary N) is 2. The SMILES string of the molecule is NC(=O)[C@H]1CCCN1.NC(=O)[C@H]1CCCN1.O=C(O)[C@@H](O)[C@H](O)C(=O)O. The van der Waals surface area contributed by atoms with Crippen LogP contribution >= 0.6 is 0 Å². The highest BCUT2D eigenvalue weighted by molar-refractivity contribution is 5.83. The molecular weight excluding hydrogens is 352 g/mol. The number of hydrogen-bond acceptors (Lipinski definition) is 8. The first-order valence-corrected chi connectivity index (χ1v) is 7.95. The maximum absolute atomic E-state index is 10.4. The fourth-order valence-corrected chi connectivity index (χ4v) is 2.12. The zero-order valence-electron chi connectivity index (χ0n) is 14.1. The molecule has 0 bridgehead atoms. The molecule has 2 heterocycles. The van der Waals surface area contributed by atoms with Crippen LogP contribution in [0.5, 0.6) is 0 Å². The van der Waals surface area contributed by atoms with Crippen molar-refractivity contribution in [2.75, 3.05) is 13.1 Å². The fraction of sp³-hybridized carbons (Fsp3) is 0.714. The van der Waals surface area contributed by atoms with Crippen molar-refractivity contribution in [1.82, 2.24) is 10.6 Å². The largest absolute Gasteiger partial charge is 0.479 e. The van der Waals surface area contributed by atoms with E-state index in [0.717, 1.165) is 38.8 Å². The van der Waals surface area contributed by atoms with E-state index in [-0.39, 0.29) is 23.9 Å². The Kier molecular flexibility index (Phi) is 11.1. The standard InChI is InChI=1S/2C5H10N2O.C4H6O6/c2*6-5(8)4-2-1-3-7-4;5-1(3(7)8)2(6)4(9)10/h2*4,7H,1-3H2,(H2,6,8);1-2,5-6H,(H,7,8)(H,9,10)/t2*4-;1-,2-/m110/s1. The minimum atomic E-state index is -2.27. The summed E-state index contributed by atoms with van der Waals surface area (Å²) in [5.74, 6) is -3.98. The summed E-state index contributed by atoms with van der Waals surface area (Å²) in [5.41, 5.74) is 9.99. The Morgan fingerprint density at radius 3 is 1.19 bits per heavy atom. The van der Waals surface area contributed by atoms with Gasteiger partial charge in [0.25, 0.3) is 0 Å². The third-order valence-electron chi connectivity index (χ3n) is 3.61. The summed E-state index contributed by atoms with van der Waals surface area (Å²) >= 11 is 0. The molecule has 10 N–H and O–H groups in total. The molecule has 12 heteroatoms. The van der Waals surface area contributed by atoms with E-state index < -0.39 is 24.1 Å². The molecule has 26 heavy (non-hydrogen) atoms. The van der Waals surface area contributed by atoms with E-state index in [0.29, 0.717) is 0 Å². The lowest BCUT2D eigenvalue weighted by atomic mass is 10.2. The van der Waals surface area contributed by atoms with Crippen LogP contribution in [0.15, 0.2) is 0 Å². The second-order valence-electron chi connectivity index (χ2n) is 5.67. The number of primary amides is 2. The van der Waals surface area contributed by atoms with Crippen molar-refractivity contribution in [3.05, 3.63) is 0 Å². The summed E-state index contributed by atoms with van der Waals surface area (Å²) in [5, 5.41) is 38.5. The zero-order chi connectivity index (χ0) is 20.3. The lowest BCUT2D eigenvalue weighted by Crippen LogP contribution is -2.39. The molecule has 0 unspecified atom stereocenters. The number of amides is 2. The maximum Gasteiger partial charge on any atom is 0.335 e. The van der Waals surface area contributed by atoms with Gasteiger partial charge in [0.1, 0.15) is 0 Å². The molecule has 2 fully saturated rings. The molecular formula is C14H26N4O8. The molecule has 2 aliphatic rings. The molecule has 0 aromatic heterocycles. The van der Waals surface area contributed by atoms with Gasteiger partial charge in [-0.1, -0.05) is 0 Å². The van der Waals surface area contributed by atoms with Gasteiger partial charge < -0.3 is 42.5 Å². The number of nitrogens with two attached hydrogens (primary N) is 2. The number of aliphatic hydroxyl groups excluding tert-OH is 2. The lowest BCUT2D eigenvalue weighted by molar-refractivity contribution is -0.165. The normalized spacial score (nSPS) is 23.5. The number of carboxylic acids is 2. The van der Waals surface area contributed by atoms with E-state index in [1.54, 1.807) is 0 Å². The molecule has 0 saturated carbocycles. The molecule has 0 aromatic rings. The van der Waals surface area contributed by atoms with Gasteiger partial charge in [-0.25, -0.2) is 9.59 Å². The van der Waals surface area contributed by atoms with E-state index in [1.807, 2.05) is 0 Å². The van der Waals surface area contributed by atoms with Gasteiger partial charge in [-0.15, -0.1) is 0 Å². The average Bonchev–Trinajstić information content (AvgIpc) is 3.27. The van der Waals surface area contributed by atoms with Crippen molar-refractivity contribution in [3.8, 4) is 0 Å². The van der Waals surface area contributed by atoms with E-state index in [9.17, 15) is 19.2 Å². The highest BCUT2D eigenvalue weighted by atomic mass is 16.4. The summed E-state index contributed by atoms with van der Waals surface area (Å²) in [6, 6.07) is -0.0926. The van der Waals surface area contributed by atoms with Crippen molar-refractivity contribution in [1.29, 1.82) is 0 Å². The highest BCUT2D eigenvalue weighted by Crippen LogP contribution is 2.03. The van der Waals surface area contributed by atoms with Crippen LogP contribution in [0.2, 0.25) is 0 Å². The molecule has 0 radical (unpaired) electrons. The molecule has 2 amide bonds. The van der Waals surface area contributed by atoms with Crippen molar-refractivity contribution in [2.45, 2.75) is 50.0 Å². The van der Waals surface area contributed by atoms with Gasteiger partial charge in [-0.3, -0.25) is 9.59 Å². The van der Waals surface area contributed by atoms with Gasteiger partial charge in [-0.05, 0) is 38.8 Å². The monoisotopic (exact) mass is 378 g/mol. The highest BCUT2D eigenvalue weighted by Gasteiger charge is 2.29. The van der Waals surface area contributed by atoms with Crippen molar-refractivity contribution < 1.29 is 39.6 Å². The Bertz CT molecular complexity index is 445. The molecule has 12 nitrogen and oxygen atoms in total. The second-order valence-corrected chi connectivity index (χ2v) is 5.67. The molecule has 0 spiro atoms. The van der Waals surface area contributed by atoms with E-state index in [2.05, 4.69) is 10.6 Å². The number of hydrogen-bond donors (Lipinski definition) is 8. The number of aliphatic hydroxyl groups is 2. The van der Waals surface area contributed by atoms with Gasteiger partial charge in [-0.2, -0.15) is 0 Å². The van der Waals surface area contributed by atoms with Crippen LogP contribution < -0.4 is 22.1 Å². The molecule has 2 rings (SSSR count). The molecule has 150 valence electrons. The minimum absolute atomic E-state index is 0.0463. The third-order valence-corrected chi connectivity index (χ3v) is 3.61. The Morgan fingerprint density at radius 2 is 1.08 bits per heavy atom.